The number of hydrogen-bond acceptors (Lipinski definition) is 2. The Labute approximate surface area is 91.3 Å². The zero-order valence-electron chi connectivity index (χ0n) is 9.62. The van der Waals surface area contributed by atoms with E-state index in [2.05, 4.69) is 13.8 Å². The highest BCUT2D eigenvalue weighted by molar-refractivity contribution is 5.79. The standard InChI is InChI=1S/C13H18O2/c1-4-7-15-13-6-5-11(10(2)3)8-12(13)9-14/h5-6,8-10H,4,7H2,1-3H3. The summed E-state index contributed by atoms with van der Waals surface area (Å²) in [6.45, 7) is 6.91. The molecule has 0 N–H and O–H groups in total. The zero-order chi connectivity index (χ0) is 11.3. The van der Waals surface area contributed by atoms with Crippen molar-refractivity contribution in [1.82, 2.24) is 0 Å². The Morgan fingerprint density at radius 1 is 1.40 bits per heavy atom. The van der Waals surface area contributed by atoms with Gasteiger partial charge in [0.2, 0.25) is 0 Å². The number of carbonyl (C=O) groups excluding carboxylic acids is 1. The summed E-state index contributed by atoms with van der Waals surface area (Å²) < 4.78 is 5.48. The zero-order valence-corrected chi connectivity index (χ0v) is 9.62. The summed E-state index contributed by atoms with van der Waals surface area (Å²) in [7, 11) is 0. The molecule has 2 nitrogen and oxygen atoms in total. The lowest BCUT2D eigenvalue weighted by Crippen LogP contribution is -1.99. The van der Waals surface area contributed by atoms with Crippen molar-refractivity contribution in [3.8, 4) is 5.75 Å². The Bertz CT molecular complexity index is 329. The van der Waals surface area contributed by atoms with Crippen molar-refractivity contribution < 1.29 is 9.53 Å². The number of ether oxygens (including phenoxy) is 1. The molecule has 0 saturated carbocycles. The minimum Gasteiger partial charge on any atom is -0.493 e. The largest absolute Gasteiger partial charge is 0.493 e. The molecule has 0 aliphatic heterocycles. The maximum atomic E-state index is 10.9. The first kappa shape index (κ1) is 11.8. The fraction of sp³-hybridized carbons (Fsp3) is 0.462. The van der Waals surface area contributed by atoms with Gasteiger partial charge in [-0.15, -0.1) is 0 Å². The van der Waals surface area contributed by atoms with Gasteiger partial charge < -0.3 is 4.74 Å². The number of rotatable bonds is 5. The van der Waals surface area contributed by atoms with E-state index in [4.69, 9.17) is 4.74 Å². The number of carbonyl (C=O) groups is 1. The molecule has 0 bridgehead atoms. The van der Waals surface area contributed by atoms with Gasteiger partial charge in [-0.05, 0) is 30.0 Å². The summed E-state index contributed by atoms with van der Waals surface area (Å²) in [6, 6.07) is 5.81. The molecule has 1 aromatic carbocycles. The van der Waals surface area contributed by atoms with Crippen LogP contribution in [0.25, 0.3) is 0 Å². The number of benzene rings is 1. The molecular formula is C13H18O2. The van der Waals surface area contributed by atoms with Crippen LogP contribution in [0.5, 0.6) is 5.75 Å². The van der Waals surface area contributed by atoms with Crippen LogP contribution in [0.3, 0.4) is 0 Å². The lowest BCUT2D eigenvalue weighted by atomic mass is 10.0. The van der Waals surface area contributed by atoms with Crippen molar-refractivity contribution in [2.75, 3.05) is 6.61 Å². The Balaban J connectivity index is 2.93. The smallest absolute Gasteiger partial charge is 0.153 e. The van der Waals surface area contributed by atoms with Crippen molar-refractivity contribution in [1.29, 1.82) is 0 Å². The van der Waals surface area contributed by atoms with E-state index in [0.29, 0.717) is 23.8 Å². The summed E-state index contributed by atoms with van der Waals surface area (Å²) in [6.07, 6.45) is 1.81. The number of aldehydes is 1. The summed E-state index contributed by atoms with van der Waals surface area (Å²) >= 11 is 0. The van der Waals surface area contributed by atoms with Gasteiger partial charge in [-0.3, -0.25) is 4.79 Å². The van der Waals surface area contributed by atoms with Gasteiger partial charge in [-0.25, -0.2) is 0 Å². The molecule has 0 heterocycles. The molecule has 0 amide bonds. The molecule has 0 radical (unpaired) electrons. The lowest BCUT2D eigenvalue weighted by molar-refractivity contribution is 0.111. The molecule has 2 heteroatoms. The fourth-order valence-electron chi connectivity index (χ4n) is 1.36. The minimum atomic E-state index is 0.434. The van der Waals surface area contributed by atoms with Gasteiger partial charge in [0.15, 0.2) is 6.29 Å². The predicted molar refractivity (Wildman–Crippen MR) is 61.7 cm³/mol. The Morgan fingerprint density at radius 3 is 2.67 bits per heavy atom. The van der Waals surface area contributed by atoms with Crippen LogP contribution >= 0.6 is 0 Å². The SMILES string of the molecule is CCCOc1ccc(C(C)C)cc1C=O. The van der Waals surface area contributed by atoms with Crippen LogP contribution in [-0.2, 0) is 0 Å². The van der Waals surface area contributed by atoms with Crippen molar-refractivity contribution >= 4 is 6.29 Å². The van der Waals surface area contributed by atoms with Crippen LogP contribution < -0.4 is 4.74 Å². The molecule has 1 rings (SSSR count). The van der Waals surface area contributed by atoms with E-state index >= 15 is 0 Å². The van der Waals surface area contributed by atoms with Gasteiger partial charge in [-0.1, -0.05) is 26.8 Å². The van der Waals surface area contributed by atoms with Gasteiger partial charge in [0, 0.05) is 0 Å². The average Bonchev–Trinajstić information content (AvgIpc) is 2.25. The van der Waals surface area contributed by atoms with Crippen molar-refractivity contribution in [3.63, 3.8) is 0 Å². The second-order valence-corrected chi connectivity index (χ2v) is 3.92. The first-order chi connectivity index (χ1) is 7.19. The highest BCUT2D eigenvalue weighted by atomic mass is 16.5. The quantitative estimate of drug-likeness (QED) is 0.690. The van der Waals surface area contributed by atoms with E-state index < -0.39 is 0 Å². The molecule has 82 valence electrons. The van der Waals surface area contributed by atoms with Crippen molar-refractivity contribution in [2.24, 2.45) is 0 Å². The summed E-state index contributed by atoms with van der Waals surface area (Å²) in [5.74, 6) is 1.13. The average molecular weight is 206 g/mol. The van der Waals surface area contributed by atoms with E-state index in [1.165, 1.54) is 5.56 Å². The van der Waals surface area contributed by atoms with E-state index in [1.807, 2.05) is 25.1 Å². The van der Waals surface area contributed by atoms with Gasteiger partial charge in [0.25, 0.3) is 0 Å². The third-order valence-corrected chi connectivity index (χ3v) is 2.29. The molecular weight excluding hydrogens is 188 g/mol. The van der Waals surface area contributed by atoms with E-state index in [9.17, 15) is 4.79 Å². The van der Waals surface area contributed by atoms with Crippen LogP contribution in [0.15, 0.2) is 18.2 Å². The topological polar surface area (TPSA) is 26.3 Å². The molecule has 0 saturated heterocycles. The maximum Gasteiger partial charge on any atom is 0.153 e. The summed E-state index contributed by atoms with van der Waals surface area (Å²) in [4.78, 5) is 10.9. The van der Waals surface area contributed by atoms with E-state index in [0.717, 1.165) is 12.7 Å². The maximum absolute atomic E-state index is 10.9. The van der Waals surface area contributed by atoms with Gasteiger partial charge in [0.05, 0.1) is 12.2 Å². The van der Waals surface area contributed by atoms with Crippen LogP contribution in [0.2, 0.25) is 0 Å². The Kier molecular flexibility index (Phi) is 4.35. The fourth-order valence-corrected chi connectivity index (χ4v) is 1.36. The molecule has 15 heavy (non-hydrogen) atoms. The monoisotopic (exact) mass is 206 g/mol. The van der Waals surface area contributed by atoms with Crippen molar-refractivity contribution in [3.05, 3.63) is 29.3 Å². The van der Waals surface area contributed by atoms with Gasteiger partial charge >= 0.3 is 0 Å². The first-order valence-electron chi connectivity index (χ1n) is 5.41. The Morgan fingerprint density at radius 2 is 2.13 bits per heavy atom. The van der Waals surface area contributed by atoms with Crippen molar-refractivity contribution in [2.45, 2.75) is 33.1 Å². The Hall–Kier alpha value is -1.31. The molecule has 0 spiro atoms. The molecule has 0 unspecified atom stereocenters. The van der Waals surface area contributed by atoms with Crippen LogP contribution in [0.1, 0.15) is 49.0 Å². The molecule has 0 aromatic heterocycles. The van der Waals surface area contributed by atoms with Crippen LogP contribution in [0, 0.1) is 0 Å². The lowest BCUT2D eigenvalue weighted by Gasteiger charge is -2.10. The molecule has 0 atom stereocenters. The highest BCUT2D eigenvalue weighted by Gasteiger charge is 2.06. The summed E-state index contributed by atoms with van der Waals surface area (Å²) in [5, 5.41) is 0. The predicted octanol–water partition coefficient (Wildman–Crippen LogP) is 3.41. The molecule has 1 aromatic rings. The van der Waals surface area contributed by atoms with E-state index in [1.54, 1.807) is 0 Å². The third kappa shape index (κ3) is 3.08. The number of hydrogen-bond donors (Lipinski definition) is 0. The first-order valence-corrected chi connectivity index (χ1v) is 5.41. The second kappa shape index (κ2) is 5.54. The summed E-state index contributed by atoms with van der Waals surface area (Å²) in [5.41, 5.74) is 1.82. The molecule has 0 aliphatic carbocycles. The van der Waals surface area contributed by atoms with Crippen LogP contribution in [-0.4, -0.2) is 12.9 Å². The van der Waals surface area contributed by atoms with Crippen LogP contribution in [0.4, 0.5) is 0 Å². The normalized spacial score (nSPS) is 10.4. The van der Waals surface area contributed by atoms with Gasteiger partial charge in [0.1, 0.15) is 5.75 Å². The van der Waals surface area contributed by atoms with Gasteiger partial charge in [-0.2, -0.15) is 0 Å². The van der Waals surface area contributed by atoms with E-state index in [-0.39, 0.29) is 0 Å². The molecule has 0 aliphatic rings. The third-order valence-electron chi connectivity index (χ3n) is 2.29. The second-order valence-electron chi connectivity index (χ2n) is 3.92. The molecule has 0 fully saturated rings. The highest BCUT2D eigenvalue weighted by Crippen LogP contribution is 2.23. The minimum absolute atomic E-state index is 0.434.